The Balaban J connectivity index is 2.32. The Morgan fingerprint density at radius 1 is 1.50 bits per heavy atom. The summed E-state index contributed by atoms with van der Waals surface area (Å²) in [6.07, 6.45) is 1.89. The van der Waals surface area contributed by atoms with E-state index in [1.807, 2.05) is 0 Å². The number of halogens is 2. The average molecular weight is 311 g/mol. The molecule has 1 saturated heterocycles. The molecule has 0 saturated carbocycles. The van der Waals surface area contributed by atoms with Crippen LogP contribution in [0.4, 0.5) is 0 Å². The molecule has 0 radical (unpaired) electrons. The van der Waals surface area contributed by atoms with Crippen LogP contribution in [0, 0.1) is 0 Å². The van der Waals surface area contributed by atoms with E-state index in [4.69, 9.17) is 27.9 Å². The molecule has 0 N–H and O–H groups in total. The Morgan fingerprint density at radius 3 is 2.78 bits per heavy atom. The van der Waals surface area contributed by atoms with Crippen LogP contribution in [0.25, 0.3) is 0 Å². The molecule has 0 bridgehead atoms. The van der Waals surface area contributed by atoms with Crippen molar-refractivity contribution in [1.82, 2.24) is 9.29 Å². The summed E-state index contributed by atoms with van der Waals surface area (Å²) in [6, 6.07) is 1.16. The first-order valence-corrected chi connectivity index (χ1v) is 7.49. The zero-order chi connectivity index (χ0) is 13.3. The smallest absolute Gasteiger partial charge is 0.244 e. The Morgan fingerprint density at radius 2 is 2.22 bits per heavy atom. The second-order valence-corrected chi connectivity index (χ2v) is 6.75. The fraction of sp³-hybridized carbons (Fsp3) is 0.500. The predicted octanol–water partition coefficient (Wildman–Crippen LogP) is 1.80. The van der Waals surface area contributed by atoms with E-state index in [2.05, 4.69) is 4.98 Å². The minimum atomic E-state index is -3.61. The number of aromatic nitrogens is 1. The number of likely N-dealkylation sites (N-methyl/N-ethyl adjacent to an activating group) is 1. The molecule has 0 spiro atoms. The van der Waals surface area contributed by atoms with Gasteiger partial charge in [0.1, 0.15) is 10.0 Å². The molecule has 100 valence electrons. The number of rotatable bonds is 3. The van der Waals surface area contributed by atoms with Crippen molar-refractivity contribution >= 4 is 33.2 Å². The van der Waals surface area contributed by atoms with Crippen molar-refractivity contribution in [3.05, 3.63) is 22.4 Å². The number of pyridine rings is 1. The van der Waals surface area contributed by atoms with E-state index in [1.54, 1.807) is 0 Å². The van der Waals surface area contributed by atoms with Gasteiger partial charge < -0.3 is 4.74 Å². The highest BCUT2D eigenvalue weighted by atomic mass is 35.5. The van der Waals surface area contributed by atoms with E-state index in [-0.39, 0.29) is 21.1 Å². The maximum atomic E-state index is 12.3. The third-order valence-corrected chi connectivity index (χ3v) is 5.43. The molecule has 2 rings (SSSR count). The van der Waals surface area contributed by atoms with Crippen LogP contribution in [-0.2, 0) is 14.8 Å². The van der Waals surface area contributed by atoms with Crippen LogP contribution in [-0.4, -0.2) is 44.0 Å². The van der Waals surface area contributed by atoms with Crippen LogP contribution >= 0.6 is 23.2 Å². The number of sulfonamides is 1. The topological polar surface area (TPSA) is 59.5 Å². The highest BCUT2D eigenvalue weighted by molar-refractivity contribution is 7.89. The molecular formula is C10H12Cl2N2O3S. The highest BCUT2D eigenvalue weighted by Crippen LogP contribution is 2.25. The highest BCUT2D eigenvalue weighted by Gasteiger charge is 2.31. The zero-order valence-corrected chi connectivity index (χ0v) is 12.0. The molecule has 0 aromatic carbocycles. The lowest BCUT2D eigenvalue weighted by molar-refractivity contribution is 0.181. The Labute approximate surface area is 116 Å². The van der Waals surface area contributed by atoms with Crippen molar-refractivity contribution in [3.8, 4) is 0 Å². The lowest BCUT2D eigenvalue weighted by atomic mass is 10.3. The van der Waals surface area contributed by atoms with Gasteiger partial charge in [0.05, 0.1) is 17.7 Å². The van der Waals surface area contributed by atoms with E-state index in [9.17, 15) is 8.42 Å². The largest absolute Gasteiger partial charge is 0.380 e. The maximum Gasteiger partial charge on any atom is 0.244 e. The summed E-state index contributed by atoms with van der Waals surface area (Å²) in [6.45, 7) is 0.981. The van der Waals surface area contributed by atoms with Crippen molar-refractivity contribution in [3.63, 3.8) is 0 Å². The minimum Gasteiger partial charge on any atom is -0.380 e. The first-order valence-electron chi connectivity index (χ1n) is 5.30. The summed E-state index contributed by atoms with van der Waals surface area (Å²) in [5.74, 6) is 0. The number of hydrogen-bond acceptors (Lipinski definition) is 4. The molecule has 1 fully saturated rings. The Kier molecular flexibility index (Phi) is 4.13. The first kappa shape index (κ1) is 14.0. The van der Waals surface area contributed by atoms with Crippen LogP contribution in [0.2, 0.25) is 10.2 Å². The van der Waals surface area contributed by atoms with E-state index >= 15 is 0 Å². The second-order valence-electron chi connectivity index (χ2n) is 3.98. The lowest BCUT2D eigenvalue weighted by Crippen LogP contribution is -2.37. The van der Waals surface area contributed by atoms with Crippen LogP contribution in [0.3, 0.4) is 0 Å². The summed E-state index contributed by atoms with van der Waals surface area (Å²) < 4.78 is 31.1. The SMILES string of the molecule is CN(C1CCOC1)S(=O)(=O)c1cnc(Cl)c(Cl)c1. The lowest BCUT2D eigenvalue weighted by Gasteiger charge is -2.22. The van der Waals surface area contributed by atoms with Gasteiger partial charge in [0.25, 0.3) is 0 Å². The molecule has 2 heterocycles. The third kappa shape index (κ3) is 2.62. The molecule has 5 nitrogen and oxygen atoms in total. The summed E-state index contributed by atoms with van der Waals surface area (Å²) in [4.78, 5) is 3.78. The van der Waals surface area contributed by atoms with Gasteiger partial charge in [-0.25, -0.2) is 13.4 Å². The van der Waals surface area contributed by atoms with Crippen molar-refractivity contribution in [1.29, 1.82) is 0 Å². The van der Waals surface area contributed by atoms with Crippen molar-refractivity contribution in [2.45, 2.75) is 17.4 Å². The van der Waals surface area contributed by atoms with Crippen LogP contribution in [0.15, 0.2) is 17.2 Å². The molecule has 1 aromatic rings. The van der Waals surface area contributed by atoms with Crippen LogP contribution in [0.5, 0.6) is 0 Å². The fourth-order valence-corrected chi connectivity index (χ4v) is 3.39. The summed E-state index contributed by atoms with van der Waals surface area (Å²) >= 11 is 11.4. The summed E-state index contributed by atoms with van der Waals surface area (Å²) in [5.41, 5.74) is 0. The van der Waals surface area contributed by atoms with E-state index in [1.165, 1.54) is 23.6 Å². The minimum absolute atomic E-state index is 0.0336. The standard InChI is InChI=1S/C10H12Cl2N2O3S/c1-14(7-2-3-17-6-7)18(15,16)8-4-9(11)10(12)13-5-8/h4-5,7H,2-3,6H2,1H3. The fourth-order valence-electron chi connectivity index (χ4n) is 1.72. The molecule has 0 amide bonds. The van der Waals surface area contributed by atoms with Gasteiger partial charge >= 0.3 is 0 Å². The predicted molar refractivity (Wildman–Crippen MR) is 68.4 cm³/mol. The van der Waals surface area contributed by atoms with Crippen molar-refractivity contribution in [2.75, 3.05) is 20.3 Å². The molecule has 1 aliphatic rings. The van der Waals surface area contributed by atoms with E-state index in [0.717, 1.165) is 0 Å². The number of ether oxygens (including phenoxy) is 1. The maximum absolute atomic E-state index is 12.3. The van der Waals surface area contributed by atoms with Gasteiger partial charge in [0.15, 0.2) is 0 Å². The second kappa shape index (κ2) is 5.30. The van der Waals surface area contributed by atoms with Gasteiger partial charge in [-0.15, -0.1) is 0 Å². The Hall–Kier alpha value is -0.400. The van der Waals surface area contributed by atoms with Gasteiger partial charge in [0, 0.05) is 19.9 Å². The van der Waals surface area contributed by atoms with Gasteiger partial charge in [-0.3, -0.25) is 0 Å². The number of hydrogen-bond donors (Lipinski definition) is 0. The van der Waals surface area contributed by atoms with Crippen molar-refractivity contribution < 1.29 is 13.2 Å². The quantitative estimate of drug-likeness (QED) is 0.799. The van der Waals surface area contributed by atoms with Crippen LogP contribution in [0.1, 0.15) is 6.42 Å². The molecular weight excluding hydrogens is 299 g/mol. The van der Waals surface area contributed by atoms with Crippen LogP contribution < -0.4 is 0 Å². The van der Waals surface area contributed by atoms with Gasteiger partial charge in [0.2, 0.25) is 10.0 Å². The zero-order valence-electron chi connectivity index (χ0n) is 9.64. The molecule has 1 unspecified atom stereocenters. The monoisotopic (exact) mass is 310 g/mol. The normalized spacial score (nSPS) is 20.6. The molecule has 1 atom stereocenters. The van der Waals surface area contributed by atoms with Gasteiger partial charge in [-0.2, -0.15) is 4.31 Å². The molecule has 0 aliphatic carbocycles. The molecule has 1 aliphatic heterocycles. The molecule has 1 aromatic heterocycles. The molecule has 8 heteroatoms. The van der Waals surface area contributed by atoms with Crippen molar-refractivity contribution in [2.24, 2.45) is 0 Å². The summed E-state index contributed by atoms with van der Waals surface area (Å²) in [7, 11) is -2.09. The van der Waals surface area contributed by atoms with Gasteiger partial charge in [-0.05, 0) is 12.5 Å². The van der Waals surface area contributed by atoms with E-state index < -0.39 is 10.0 Å². The Bertz CT molecular complexity index is 544. The number of nitrogens with zero attached hydrogens (tertiary/aromatic N) is 2. The van der Waals surface area contributed by atoms with E-state index in [0.29, 0.717) is 19.6 Å². The summed E-state index contributed by atoms with van der Waals surface area (Å²) in [5, 5.41) is 0.205. The third-order valence-electron chi connectivity index (χ3n) is 2.87. The molecule has 18 heavy (non-hydrogen) atoms. The average Bonchev–Trinajstić information content (AvgIpc) is 2.85. The van der Waals surface area contributed by atoms with Gasteiger partial charge in [-0.1, -0.05) is 23.2 Å². The first-order chi connectivity index (χ1) is 8.43.